The van der Waals surface area contributed by atoms with E-state index in [0.717, 1.165) is 33.9 Å². The molecule has 0 spiro atoms. The minimum Gasteiger partial charge on any atom is -0.447 e. The predicted octanol–water partition coefficient (Wildman–Crippen LogP) is 9.44. The molecule has 1 amide bonds. The van der Waals surface area contributed by atoms with Crippen LogP contribution in [0, 0.1) is 29.1 Å². The fraction of sp³-hybridized carbons (Fsp3) is 0.609. The Balaban J connectivity index is 0.000000363. The number of allylic oxidation sites excluding steroid dienone is 3. The fourth-order valence-corrected chi connectivity index (χ4v) is 8.71. The van der Waals surface area contributed by atoms with E-state index in [0.29, 0.717) is 22.6 Å². The maximum Gasteiger partial charge on any atom is 0.320 e. The monoisotopic (exact) mass is 775 g/mol. The number of rotatable bonds is 7. The highest BCUT2D eigenvalue weighted by molar-refractivity contribution is 8.00. The molecule has 55 heavy (non-hydrogen) atoms. The topological polar surface area (TPSA) is 98.7 Å². The van der Waals surface area contributed by atoms with E-state index in [1.54, 1.807) is 62.2 Å². The molecule has 6 nitrogen and oxygen atoms in total. The molecule has 4 N–H and O–H groups in total. The average Bonchev–Trinajstić information content (AvgIpc) is 3.68. The van der Waals surface area contributed by atoms with Crippen molar-refractivity contribution >= 4 is 48.2 Å². The highest BCUT2D eigenvalue weighted by atomic mass is 32.2. The summed E-state index contributed by atoms with van der Waals surface area (Å²) in [4.78, 5) is 23.1. The number of carbonyl (C=O) groups excluding carboxylic acids is 2. The van der Waals surface area contributed by atoms with Crippen molar-refractivity contribution in [1.29, 1.82) is 0 Å². The standard InChI is InChI=1S/C11H16BNO2.C11H15BO2.C11H19NS.C11H20.C2H6/c1-8(2)13-11(14)9-4-6-10(7-5-9)12(3)15;1-8(2)11(13)9-4-6-10(7-5-9)12(3)14;1-7-5-8-9(12-7)6-13-10(8)11(2,3)4;1-10(2)11-8-6-4-3-5-7-9-11;1-2/h4-8,15H,1-3H3,(H,13,14);4-8,14H,1-3H3;8-10,12H,1,5-6H2,2-4H3;3-4,10-11H,5-9H2,1-2H3;1-2H3/b;;;4-3+;. The molecule has 0 bridgehead atoms. The van der Waals surface area contributed by atoms with E-state index in [4.69, 9.17) is 0 Å². The maximum absolute atomic E-state index is 11.6. The second-order valence-corrected chi connectivity index (χ2v) is 18.2. The number of fused-ring (bicyclic) bond motifs is 1. The zero-order chi connectivity index (χ0) is 41.9. The number of Topliss-reactive ketones (excluding diaryl/α,β-unsaturated/α-hetero) is 1. The second kappa shape index (κ2) is 25.5. The lowest BCUT2D eigenvalue weighted by atomic mass is 9.64. The highest BCUT2D eigenvalue weighted by Crippen LogP contribution is 2.47. The van der Waals surface area contributed by atoms with Crippen LogP contribution in [0.3, 0.4) is 0 Å². The molecule has 2 heterocycles. The number of thioether (sulfide) groups is 1. The lowest BCUT2D eigenvalue weighted by Crippen LogP contribution is -2.32. The van der Waals surface area contributed by atoms with Gasteiger partial charge in [-0.05, 0) is 98.6 Å². The first kappa shape index (κ1) is 50.3. The predicted molar refractivity (Wildman–Crippen MR) is 243 cm³/mol. The first-order valence-corrected chi connectivity index (χ1v) is 22.0. The molecule has 2 aliphatic heterocycles. The van der Waals surface area contributed by atoms with Gasteiger partial charge >= 0.3 is 13.8 Å². The number of ketones is 1. The van der Waals surface area contributed by atoms with Crippen molar-refractivity contribution in [1.82, 2.24) is 10.6 Å². The van der Waals surface area contributed by atoms with Crippen LogP contribution in [0.5, 0.6) is 0 Å². The van der Waals surface area contributed by atoms with Crippen molar-refractivity contribution in [3.8, 4) is 0 Å². The molecule has 1 aliphatic carbocycles. The summed E-state index contributed by atoms with van der Waals surface area (Å²) in [6, 6.07) is 14.9. The minimum absolute atomic E-state index is 0.0207. The van der Waals surface area contributed by atoms with Gasteiger partial charge in [-0.25, -0.2) is 0 Å². The van der Waals surface area contributed by atoms with Gasteiger partial charge in [0, 0.05) is 45.8 Å². The van der Waals surface area contributed by atoms with Gasteiger partial charge < -0.3 is 20.7 Å². The van der Waals surface area contributed by atoms with Gasteiger partial charge in [-0.15, -0.1) is 0 Å². The Bertz CT molecular complexity index is 1430. The van der Waals surface area contributed by atoms with Gasteiger partial charge in [0.1, 0.15) is 0 Å². The lowest BCUT2D eigenvalue weighted by Gasteiger charge is -2.30. The molecule has 2 aromatic carbocycles. The number of hydrogen-bond donors (Lipinski definition) is 4. The quantitative estimate of drug-likeness (QED) is 0.127. The number of hydrogen-bond acceptors (Lipinski definition) is 6. The van der Waals surface area contributed by atoms with E-state index in [1.165, 1.54) is 50.0 Å². The summed E-state index contributed by atoms with van der Waals surface area (Å²) in [5, 5.41) is 25.7. The van der Waals surface area contributed by atoms with E-state index in [-0.39, 0.29) is 23.7 Å². The number of benzene rings is 2. The third-order valence-corrected chi connectivity index (χ3v) is 12.1. The smallest absolute Gasteiger partial charge is 0.320 e. The first-order chi connectivity index (χ1) is 25.8. The number of nitrogens with one attached hydrogen (secondary N) is 2. The molecule has 4 atom stereocenters. The van der Waals surface area contributed by atoms with E-state index < -0.39 is 13.8 Å². The minimum atomic E-state index is -0.493. The van der Waals surface area contributed by atoms with Gasteiger partial charge in [0.15, 0.2) is 5.78 Å². The second-order valence-electron chi connectivity index (χ2n) is 17.1. The maximum atomic E-state index is 11.6. The highest BCUT2D eigenvalue weighted by Gasteiger charge is 2.45. The zero-order valence-corrected chi connectivity index (χ0v) is 37.6. The van der Waals surface area contributed by atoms with Crippen LogP contribution in [-0.4, -0.2) is 58.7 Å². The summed E-state index contributed by atoms with van der Waals surface area (Å²) in [6.07, 6.45) is 12.8. The van der Waals surface area contributed by atoms with E-state index >= 15 is 0 Å². The summed E-state index contributed by atoms with van der Waals surface area (Å²) in [6.45, 7) is 29.8. The van der Waals surface area contributed by atoms with Gasteiger partial charge in [-0.3, -0.25) is 9.59 Å². The molecule has 306 valence electrons. The molecular formula is C46H76B2N2O4S. The molecule has 5 rings (SSSR count). The Morgan fingerprint density at radius 3 is 1.80 bits per heavy atom. The SMILES string of the molecule is C=C1CC2C(CSC2C(C)(C)C)N1.CB(O)c1ccc(C(=O)C(C)C)cc1.CB(O)c1ccc(C(=O)NC(C)C)cc1.CC.CC(C)C1CC/C=C/CCC1. The third-order valence-electron chi connectivity index (χ3n) is 10.1. The van der Waals surface area contributed by atoms with Gasteiger partial charge in [0.25, 0.3) is 5.91 Å². The Kier molecular flexibility index (Phi) is 23.3. The number of amides is 1. The van der Waals surface area contributed by atoms with Crippen molar-refractivity contribution in [2.75, 3.05) is 5.75 Å². The Hall–Kier alpha value is -2.74. The zero-order valence-electron chi connectivity index (χ0n) is 36.7. The molecule has 2 aromatic rings. The Morgan fingerprint density at radius 2 is 1.35 bits per heavy atom. The summed E-state index contributed by atoms with van der Waals surface area (Å²) in [5.74, 6) is 4.06. The van der Waals surface area contributed by atoms with Crippen molar-refractivity contribution in [2.45, 2.75) is 146 Å². The Labute approximate surface area is 341 Å². The first-order valence-electron chi connectivity index (χ1n) is 20.9. The molecule has 0 radical (unpaired) electrons. The largest absolute Gasteiger partial charge is 0.447 e. The molecule has 2 fully saturated rings. The van der Waals surface area contributed by atoms with Crippen LogP contribution in [0.25, 0.3) is 0 Å². The van der Waals surface area contributed by atoms with Crippen LogP contribution in [-0.2, 0) is 0 Å². The fourth-order valence-electron chi connectivity index (χ4n) is 6.93. The summed E-state index contributed by atoms with van der Waals surface area (Å²) in [5.41, 5.74) is 4.68. The van der Waals surface area contributed by atoms with Gasteiger partial charge in [-0.1, -0.05) is 131 Å². The van der Waals surface area contributed by atoms with Crippen molar-refractivity contribution in [2.24, 2.45) is 29.1 Å². The molecule has 2 saturated heterocycles. The average molecular weight is 775 g/mol. The lowest BCUT2D eigenvalue weighted by molar-refractivity contribution is 0.0933. The molecule has 4 unspecified atom stereocenters. The van der Waals surface area contributed by atoms with E-state index in [1.807, 2.05) is 41.5 Å². The van der Waals surface area contributed by atoms with Crippen LogP contribution in [0.1, 0.15) is 135 Å². The van der Waals surface area contributed by atoms with Gasteiger partial charge in [-0.2, -0.15) is 11.8 Å². The summed E-state index contributed by atoms with van der Waals surface area (Å²) >= 11 is 2.14. The molecule has 9 heteroatoms. The van der Waals surface area contributed by atoms with Crippen LogP contribution in [0.2, 0.25) is 13.6 Å². The van der Waals surface area contributed by atoms with Crippen LogP contribution >= 0.6 is 11.8 Å². The van der Waals surface area contributed by atoms with Crippen LogP contribution in [0.15, 0.2) is 73.0 Å². The summed E-state index contributed by atoms with van der Waals surface area (Å²) < 4.78 is 0. The normalized spacial score (nSPS) is 20.7. The van der Waals surface area contributed by atoms with Gasteiger partial charge in [0.05, 0.1) is 0 Å². The van der Waals surface area contributed by atoms with Crippen LogP contribution in [0.4, 0.5) is 0 Å². The van der Waals surface area contributed by atoms with Gasteiger partial charge in [0.2, 0.25) is 0 Å². The van der Waals surface area contributed by atoms with Crippen LogP contribution < -0.4 is 21.6 Å². The number of carbonyl (C=O) groups is 2. The van der Waals surface area contributed by atoms with Crippen molar-refractivity contribution in [3.63, 3.8) is 0 Å². The van der Waals surface area contributed by atoms with Crippen molar-refractivity contribution in [3.05, 3.63) is 84.1 Å². The van der Waals surface area contributed by atoms with Crippen molar-refractivity contribution < 1.29 is 19.6 Å². The summed E-state index contributed by atoms with van der Waals surface area (Å²) in [7, 11) is 0. The molecule has 0 aromatic heterocycles. The third kappa shape index (κ3) is 18.4. The van der Waals surface area contributed by atoms with E-state index in [2.05, 4.69) is 75.7 Å². The Morgan fingerprint density at radius 1 is 0.836 bits per heavy atom. The molecule has 0 saturated carbocycles. The molecular weight excluding hydrogens is 698 g/mol. The van der Waals surface area contributed by atoms with E-state index in [9.17, 15) is 19.6 Å². The molecule has 3 aliphatic rings.